The summed E-state index contributed by atoms with van der Waals surface area (Å²) in [6.45, 7) is 8.26. The summed E-state index contributed by atoms with van der Waals surface area (Å²) in [5.41, 5.74) is -0.642. The Hall–Kier alpha value is -1.10. The summed E-state index contributed by atoms with van der Waals surface area (Å²) < 4.78 is 5.67. The maximum atomic E-state index is 10.5. The van der Waals surface area contributed by atoms with Crippen LogP contribution in [0.2, 0.25) is 0 Å². The van der Waals surface area contributed by atoms with Gasteiger partial charge in [-0.1, -0.05) is 0 Å². The summed E-state index contributed by atoms with van der Waals surface area (Å²) in [5.74, 6) is -0.803. The first-order valence-corrected chi connectivity index (χ1v) is 6.26. The maximum Gasteiger partial charge on any atom is 0.303 e. The molecule has 0 saturated heterocycles. The Morgan fingerprint density at radius 3 is 2.39 bits per heavy atom. The number of amides is 1. The van der Waals surface area contributed by atoms with Gasteiger partial charge in [0.2, 0.25) is 6.41 Å². The first-order valence-electron chi connectivity index (χ1n) is 6.26. The smallest absolute Gasteiger partial charge is 0.303 e. The molecule has 0 aliphatic rings. The van der Waals surface area contributed by atoms with Crippen LogP contribution in [-0.2, 0) is 14.3 Å². The Bertz CT molecular complexity index is 274. The molecule has 0 heterocycles. The summed E-state index contributed by atoms with van der Waals surface area (Å²) >= 11 is 0. The third-order valence-corrected chi connectivity index (χ3v) is 2.83. The molecule has 5 heteroatoms. The molecule has 0 aliphatic heterocycles. The van der Waals surface area contributed by atoms with Gasteiger partial charge in [0.1, 0.15) is 0 Å². The molecule has 0 rings (SSSR count). The number of hydrogen-bond acceptors (Lipinski definition) is 3. The highest BCUT2D eigenvalue weighted by atomic mass is 16.5. The van der Waals surface area contributed by atoms with E-state index in [1.54, 1.807) is 0 Å². The molecule has 2 N–H and O–H groups in total. The van der Waals surface area contributed by atoms with Gasteiger partial charge in [-0.2, -0.15) is 0 Å². The minimum absolute atomic E-state index is 0.116. The summed E-state index contributed by atoms with van der Waals surface area (Å²) in [6, 6.07) is 0. The van der Waals surface area contributed by atoms with Crippen molar-refractivity contribution in [2.45, 2.75) is 64.5 Å². The van der Waals surface area contributed by atoms with Crippen LogP contribution < -0.4 is 5.32 Å². The first kappa shape index (κ1) is 16.9. The number of aliphatic carboxylic acids is 1. The van der Waals surface area contributed by atoms with Crippen molar-refractivity contribution < 1.29 is 19.4 Å². The van der Waals surface area contributed by atoms with Crippen molar-refractivity contribution in [1.82, 2.24) is 5.32 Å². The molecule has 0 aromatic rings. The first-order chi connectivity index (χ1) is 8.18. The molecule has 0 unspecified atom stereocenters. The van der Waals surface area contributed by atoms with Crippen molar-refractivity contribution in [1.29, 1.82) is 0 Å². The van der Waals surface area contributed by atoms with Crippen molar-refractivity contribution in [3.05, 3.63) is 0 Å². The quantitative estimate of drug-likeness (QED) is 0.464. The Morgan fingerprint density at radius 1 is 1.28 bits per heavy atom. The van der Waals surface area contributed by atoms with E-state index in [4.69, 9.17) is 9.84 Å². The molecule has 18 heavy (non-hydrogen) atoms. The van der Waals surface area contributed by atoms with Gasteiger partial charge in [-0.05, 0) is 47.0 Å². The lowest BCUT2D eigenvalue weighted by Crippen LogP contribution is -2.38. The highest BCUT2D eigenvalue weighted by Crippen LogP contribution is 2.18. The topological polar surface area (TPSA) is 75.6 Å². The van der Waals surface area contributed by atoms with Gasteiger partial charge in [0.25, 0.3) is 0 Å². The van der Waals surface area contributed by atoms with E-state index in [2.05, 4.69) is 5.32 Å². The largest absolute Gasteiger partial charge is 0.481 e. The van der Waals surface area contributed by atoms with E-state index < -0.39 is 11.6 Å². The van der Waals surface area contributed by atoms with Gasteiger partial charge in [-0.3, -0.25) is 9.59 Å². The molecule has 0 aliphatic carbocycles. The van der Waals surface area contributed by atoms with E-state index in [1.807, 2.05) is 27.7 Å². The normalized spacial score (nSPS) is 12.2. The average molecular weight is 259 g/mol. The van der Waals surface area contributed by atoms with E-state index in [9.17, 15) is 9.59 Å². The summed E-state index contributed by atoms with van der Waals surface area (Å²) in [4.78, 5) is 20.8. The predicted molar refractivity (Wildman–Crippen MR) is 69.4 cm³/mol. The minimum Gasteiger partial charge on any atom is -0.481 e. The lowest BCUT2D eigenvalue weighted by Gasteiger charge is -2.27. The molecule has 0 saturated carbocycles. The molecule has 0 aromatic heterocycles. The SMILES string of the molecule is CC(C)(CCCOC(C)(C)CCC(=O)O)NC=O. The zero-order valence-corrected chi connectivity index (χ0v) is 11.8. The van der Waals surface area contributed by atoms with Crippen LogP contribution in [-0.4, -0.2) is 35.2 Å². The lowest BCUT2D eigenvalue weighted by atomic mass is 9.98. The third kappa shape index (κ3) is 8.98. The molecule has 5 nitrogen and oxygen atoms in total. The highest BCUT2D eigenvalue weighted by Gasteiger charge is 2.21. The van der Waals surface area contributed by atoms with Crippen LogP contribution in [0.3, 0.4) is 0 Å². The van der Waals surface area contributed by atoms with Gasteiger partial charge < -0.3 is 15.2 Å². The molecule has 0 atom stereocenters. The highest BCUT2D eigenvalue weighted by molar-refractivity contribution is 5.66. The fourth-order valence-corrected chi connectivity index (χ4v) is 1.57. The molecule has 0 fully saturated rings. The summed E-state index contributed by atoms with van der Waals surface area (Å²) in [6.07, 6.45) is 2.96. The van der Waals surface area contributed by atoms with Crippen LogP contribution in [0.15, 0.2) is 0 Å². The molecule has 1 amide bonds. The number of carbonyl (C=O) groups is 2. The van der Waals surface area contributed by atoms with Crippen LogP contribution in [0, 0.1) is 0 Å². The van der Waals surface area contributed by atoms with Crippen LogP contribution in [0.25, 0.3) is 0 Å². The van der Waals surface area contributed by atoms with E-state index in [0.717, 1.165) is 12.8 Å². The van der Waals surface area contributed by atoms with Crippen molar-refractivity contribution in [3.63, 3.8) is 0 Å². The van der Waals surface area contributed by atoms with E-state index >= 15 is 0 Å². The fourth-order valence-electron chi connectivity index (χ4n) is 1.57. The van der Waals surface area contributed by atoms with Gasteiger partial charge in [0, 0.05) is 18.6 Å². The van der Waals surface area contributed by atoms with Crippen LogP contribution in [0.4, 0.5) is 0 Å². The number of hydrogen-bond donors (Lipinski definition) is 2. The monoisotopic (exact) mass is 259 g/mol. The number of nitrogens with one attached hydrogen (secondary N) is 1. The number of rotatable bonds is 10. The van der Waals surface area contributed by atoms with Crippen molar-refractivity contribution in [2.24, 2.45) is 0 Å². The molecule has 106 valence electrons. The second-order valence-corrected chi connectivity index (χ2v) is 5.75. The van der Waals surface area contributed by atoms with E-state index in [-0.39, 0.29) is 12.0 Å². The van der Waals surface area contributed by atoms with Gasteiger partial charge in [-0.15, -0.1) is 0 Å². The van der Waals surface area contributed by atoms with Gasteiger partial charge in [-0.25, -0.2) is 0 Å². The van der Waals surface area contributed by atoms with Gasteiger partial charge in [0.15, 0.2) is 0 Å². The molecule has 0 spiro atoms. The molecular formula is C13H25NO4. The van der Waals surface area contributed by atoms with Crippen molar-refractivity contribution in [3.8, 4) is 0 Å². The second-order valence-electron chi connectivity index (χ2n) is 5.75. The zero-order valence-electron chi connectivity index (χ0n) is 11.8. The number of carboxylic acid groups (broad SMARTS) is 1. The zero-order chi connectivity index (χ0) is 14.2. The van der Waals surface area contributed by atoms with Crippen LogP contribution in [0.1, 0.15) is 53.4 Å². The summed E-state index contributed by atoms with van der Waals surface area (Å²) in [7, 11) is 0. The maximum absolute atomic E-state index is 10.5. The Labute approximate surface area is 109 Å². The minimum atomic E-state index is -0.803. The van der Waals surface area contributed by atoms with Crippen LogP contribution >= 0.6 is 0 Å². The Morgan fingerprint density at radius 2 is 1.89 bits per heavy atom. The number of carbonyl (C=O) groups excluding carboxylic acids is 1. The Balaban J connectivity index is 3.82. The Kier molecular flexibility index (Phi) is 6.91. The van der Waals surface area contributed by atoms with Crippen molar-refractivity contribution >= 4 is 12.4 Å². The van der Waals surface area contributed by atoms with E-state index in [1.165, 1.54) is 0 Å². The van der Waals surface area contributed by atoms with Crippen LogP contribution in [0.5, 0.6) is 0 Å². The molecule has 0 bridgehead atoms. The second kappa shape index (κ2) is 7.36. The molecule has 0 radical (unpaired) electrons. The molecular weight excluding hydrogens is 234 g/mol. The fraction of sp³-hybridized carbons (Fsp3) is 0.846. The van der Waals surface area contributed by atoms with Crippen molar-refractivity contribution in [2.75, 3.05) is 6.61 Å². The third-order valence-electron chi connectivity index (χ3n) is 2.83. The lowest BCUT2D eigenvalue weighted by molar-refractivity contribution is -0.138. The standard InChI is InChI=1S/C13H25NO4/c1-12(2,14-10-15)7-5-9-18-13(3,4)8-6-11(16)17/h10H,5-9H2,1-4H3,(H,14,15)(H,16,17). The number of carboxylic acids is 1. The predicted octanol–water partition coefficient (Wildman–Crippen LogP) is 1.95. The van der Waals surface area contributed by atoms with E-state index in [0.29, 0.717) is 19.4 Å². The van der Waals surface area contributed by atoms with Gasteiger partial charge in [0.05, 0.1) is 5.60 Å². The van der Waals surface area contributed by atoms with Gasteiger partial charge >= 0.3 is 5.97 Å². The molecule has 0 aromatic carbocycles. The number of ether oxygens (including phenoxy) is 1. The average Bonchev–Trinajstić information content (AvgIpc) is 2.22. The summed E-state index contributed by atoms with van der Waals surface area (Å²) in [5, 5.41) is 11.4.